The number of rotatable bonds is 6. The fourth-order valence-corrected chi connectivity index (χ4v) is 2.56. The van der Waals surface area contributed by atoms with Crippen molar-refractivity contribution in [2.75, 3.05) is 14.2 Å². The van der Waals surface area contributed by atoms with Crippen molar-refractivity contribution in [3.8, 4) is 5.75 Å². The van der Waals surface area contributed by atoms with Gasteiger partial charge in [0.2, 0.25) is 5.91 Å². The predicted molar refractivity (Wildman–Crippen MR) is 82.8 cm³/mol. The van der Waals surface area contributed by atoms with Gasteiger partial charge in [0.15, 0.2) is 0 Å². The molecule has 0 saturated carbocycles. The third-order valence-electron chi connectivity index (χ3n) is 3.41. The Bertz CT molecular complexity index is 513. The molecule has 0 aliphatic rings. The Morgan fingerprint density at radius 2 is 1.81 bits per heavy atom. The number of aliphatic carboxylic acids is 1. The molecule has 21 heavy (non-hydrogen) atoms. The summed E-state index contributed by atoms with van der Waals surface area (Å²) in [6.45, 7) is 4.79. The number of likely N-dealkylation sites (N-methyl/N-ethyl adjacent to an activating group) is 1. The van der Waals surface area contributed by atoms with Crippen molar-refractivity contribution in [3.05, 3.63) is 24.3 Å². The van der Waals surface area contributed by atoms with E-state index in [1.165, 1.54) is 37.6 Å². The summed E-state index contributed by atoms with van der Waals surface area (Å²) in [5, 5.41) is 8.80. The zero-order valence-corrected chi connectivity index (χ0v) is 13.7. The van der Waals surface area contributed by atoms with E-state index in [4.69, 9.17) is 4.74 Å². The van der Waals surface area contributed by atoms with E-state index in [0.29, 0.717) is 0 Å². The van der Waals surface area contributed by atoms with E-state index in [2.05, 4.69) is 0 Å². The summed E-state index contributed by atoms with van der Waals surface area (Å²) in [5.41, 5.74) is -1.23. The Hall–Kier alpha value is -1.69. The number of amides is 1. The van der Waals surface area contributed by atoms with Gasteiger partial charge in [-0.05, 0) is 45.0 Å². The van der Waals surface area contributed by atoms with Crippen LogP contribution in [0.3, 0.4) is 0 Å². The minimum atomic E-state index is -1.23. The maximum atomic E-state index is 12.3. The maximum absolute atomic E-state index is 12.3. The molecule has 1 amide bonds. The lowest BCUT2D eigenvalue weighted by Crippen LogP contribution is -2.52. The predicted octanol–water partition coefficient (Wildman–Crippen LogP) is 2.50. The van der Waals surface area contributed by atoms with E-state index in [1.807, 2.05) is 24.3 Å². The second kappa shape index (κ2) is 6.85. The zero-order valence-electron chi connectivity index (χ0n) is 12.9. The number of ether oxygens (including phenoxy) is 1. The maximum Gasteiger partial charge on any atom is 0.329 e. The first kappa shape index (κ1) is 17.4. The molecule has 1 rings (SSSR count). The van der Waals surface area contributed by atoms with Gasteiger partial charge in [0, 0.05) is 11.9 Å². The molecule has 0 spiro atoms. The first-order chi connectivity index (χ1) is 9.70. The second-order valence-electron chi connectivity index (χ2n) is 5.20. The standard InChI is InChI=1S/C15H21NO4S/c1-10(13(17)16(4)15(2,3)14(18)19)21-12-8-6-11(20-5)7-9-12/h6-10H,1-5H3,(H,18,19). The number of carboxylic acids is 1. The summed E-state index contributed by atoms with van der Waals surface area (Å²) in [6.07, 6.45) is 0. The van der Waals surface area contributed by atoms with Crippen LogP contribution in [-0.4, -0.2) is 46.8 Å². The van der Waals surface area contributed by atoms with Crippen molar-refractivity contribution >= 4 is 23.6 Å². The van der Waals surface area contributed by atoms with Gasteiger partial charge in [-0.2, -0.15) is 0 Å². The van der Waals surface area contributed by atoms with Gasteiger partial charge in [-0.3, -0.25) is 4.79 Å². The third-order valence-corrected chi connectivity index (χ3v) is 4.51. The van der Waals surface area contributed by atoms with Crippen LogP contribution in [0.15, 0.2) is 29.2 Å². The van der Waals surface area contributed by atoms with Crippen LogP contribution in [0.4, 0.5) is 0 Å². The largest absolute Gasteiger partial charge is 0.497 e. The van der Waals surface area contributed by atoms with Gasteiger partial charge in [-0.25, -0.2) is 4.79 Å². The van der Waals surface area contributed by atoms with Crippen molar-refractivity contribution in [3.63, 3.8) is 0 Å². The van der Waals surface area contributed by atoms with E-state index in [0.717, 1.165) is 10.6 Å². The molecule has 0 saturated heterocycles. The summed E-state index contributed by atoms with van der Waals surface area (Å²) >= 11 is 1.39. The van der Waals surface area contributed by atoms with E-state index in [9.17, 15) is 14.7 Å². The number of nitrogens with zero attached hydrogens (tertiary/aromatic N) is 1. The molecular formula is C15H21NO4S. The molecule has 6 heteroatoms. The van der Waals surface area contributed by atoms with Crippen LogP contribution in [0, 0.1) is 0 Å². The van der Waals surface area contributed by atoms with Crippen LogP contribution in [-0.2, 0) is 9.59 Å². The van der Waals surface area contributed by atoms with Crippen LogP contribution in [0.2, 0.25) is 0 Å². The summed E-state index contributed by atoms with van der Waals surface area (Å²) in [7, 11) is 3.11. The van der Waals surface area contributed by atoms with Gasteiger partial charge in [0.25, 0.3) is 0 Å². The molecule has 1 atom stereocenters. The molecule has 0 fully saturated rings. The highest BCUT2D eigenvalue weighted by Crippen LogP contribution is 2.27. The Morgan fingerprint density at radius 3 is 2.24 bits per heavy atom. The second-order valence-corrected chi connectivity index (χ2v) is 6.61. The summed E-state index contributed by atoms with van der Waals surface area (Å²) in [4.78, 5) is 25.7. The number of hydrogen-bond donors (Lipinski definition) is 1. The van der Waals surface area contributed by atoms with Crippen LogP contribution in [0.5, 0.6) is 5.75 Å². The highest BCUT2D eigenvalue weighted by Gasteiger charge is 2.36. The first-order valence-electron chi connectivity index (χ1n) is 6.52. The van der Waals surface area contributed by atoms with E-state index < -0.39 is 11.5 Å². The van der Waals surface area contributed by atoms with Crippen LogP contribution >= 0.6 is 11.8 Å². The summed E-state index contributed by atoms with van der Waals surface area (Å²) in [5.74, 6) is -0.495. The topological polar surface area (TPSA) is 66.8 Å². The average Bonchev–Trinajstić information content (AvgIpc) is 2.46. The quantitative estimate of drug-likeness (QED) is 0.818. The van der Waals surface area contributed by atoms with Crippen molar-refractivity contribution in [2.45, 2.75) is 36.5 Å². The lowest BCUT2D eigenvalue weighted by Gasteiger charge is -2.33. The van der Waals surface area contributed by atoms with Gasteiger partial charge in [0.1, 0.15) is 11.3 Å². The minimum absolute atomic E-state index is 0.219. The molecule has 1 aromatic carbocycles. The fourth-order valence-electron chi connectivity index (χ4n) is 1.60. The number of thioether (sulfide) groups is 1. The number of hydrogen-bond acceptors (Lipinski definition) is 4. The van der Waals surface area contributed by atoms with Crippen molar-refractivity contribution in [1.82, 2.24) is 4.90 Å². The Labute approximate surface area is 129 Å². The summed E-state index contributed by atoms with van der Waals surface area (Å²) < 4.78 is 5.08. The van der Waals surface area contributed by atoms with E-state index in [-0.39, 0.29) is 11.2 Å². The van der Waals surface area contributed by atoms with Crippen molar-refractivity contribution < 1.29 is 19.4 Å². The minimum Gasteiger partial charge on any atom is -0.497 e. The van der Waals surface area contributed by atoms with Crippen LogP contribution in [0.1, 0.15) is 20.8 Å². The highest BCUT2D eigenvalue weighted by molar-refractivity contribution is 8.00. The molecule has 5 nitrogen and oxygen atoms in total. The number of carboxylic acid groups (broad SMARTS) is 1. The molecular weight excluding hydrogens is 290 g/mol. The van der Waals surface area contributed by atoms with Gasteiger partial charge in [0.05, 0.1) is 12.4 Å². The van der Waals surface area contributed by atoms with Gasteiger partial charge in [-0.1, -0.05) is 0 Å². The van der Waals surface area contributed by atoms with Gasteiger partial charge < -0.3 is 14.7 Å². The smallest absolute Gasteiger partial charge is 0.329 e. The Kier molecular flexibility index (Phi) is 5.66. The zero-order chi connectivity index (χ0) is 16.2. The number of carbonyl (C=O) groups is 2. The normalized spacial score (nSPS) is 12.6. The molecule has 0 radical (unpaired) electrons. The third kappa shape index (κ3) is 4.14. The fraction of sp³-hybridized carbons (Fsp3) is 0.467. The van der Waals surface area contributed by atoms with Crippen LogP contribution in [0.25, 0.3) is 0 Å². The van der Waals surface area contributed by atoms with Gasteiger partial charge in [-0.15, -0.1) is 11.8 Å². The Balaban J connectivity index is 2.76. The molecule has 0 bridgehead atoms. The first-order valence-corrected chi connectivity index (χ1v) is 7.40. The molecule has 0 aliphatic heterocycles. The molecule has 0 aromatic heterocycles. The molecule has 0 heterocycles. The Morgan fingerprint density at radius 1 is 1.29 bits per heavy atom. The van der Waals surface area contributed by atoms with Crippen LogP contribution < -0.4 is 4.74 Å². The molecule has 0 aliphatic carbocycles. The number of benzene rings is 1. The van der Waals surface area contributed by atoms with E-state index >= 15 is 0 Å². The number of carbonyl (C=O) groups excluding carboxylic acids is 1. The molecule has 116 valence electrons. The van der Waals surface area contributed by atoms with E-state index in [1.54, 1.807) is 14.0 Å². The molecule has 1 N–H and O–H groups in total. The lowest BCUT2D eigenvalue weighted by atomic mass is 10.0. The van der Waals surface area contributed by atoms with Crippen molar-refractivity contribution in [2.24, 2.45) is 0 Å². The average molecular weight is 311 g/mol. The highest BCUT2D eigenvalue weighted by atomic mass is 32.2. The monoisotopic (exact) mass is 311 g/mol. The lowest BCUT2D eigenvalue weighted by molar-refractivity contribution is -0.155. The van der Waals surface area contributed by atoms with Gasteiger partial charge >= 0.3 is 5.97 Å². The SMILES string of the molecule is COc1ccc(SC(C)C(=O)N(C)C(C)(C)C(=O)O)cc1. The number of methoxy groups -OCH3 is 1. The van der Waals surface area contributed by atoms with Crippen molar-refractivity contribution in [1.29, 1.82) is 0 Å². The molecule has 1 unspecified atom stereocenters. The summed E-state index contributed by atoms with van der Waals surface area (Å²) in [6, 6.07) is 7.39. The molecule has 1 aromatic rings.